The summed E-state index contributed by atoms with van der Waals surface area (Å²) in [6.45, 7) is 2.33. The zero-order chi connectivity index (χ0) is 13.8. The van der Waals surface area contributed by atoms with Gasteiger partial charge in [-0.05, 0) is 25.2 Å². The first-order chi connectivity index (χ1) is 9.08. The van der Waals surface area contributed by atoms with Gasteiger partial charge in [-0.15, -0.1) is 0 Å². The number of hydrogen-bond donors (Lipinski definition) is 3. The predicted octanol–water partition coefficient (Wildman–Crippen LogP) is 1.11. The first-order valence-electron chi connectivity index (χ1n) is 7.00. The Hall–Kier alpha value is -1.30. The van der Waals surface area contributed by atoms with Crippen LogP contribution < -0.4 is 10.6 Å². The normalized spacial score (nSPS) is 30.1. The van der Waals surface area contributed by atoms with Crippen LogP contribution in [0.3, 0.4) is 0 Å². The van der Waals surface area contributed by atoms with Crippen molar-refractivity contribution in [3.05, 3.63) is 0 Å². The molecule has 6 heteroatoms. The highest BCUT2D eigenvalue weighted by Crippen LogP contribution is 2.34. The van der Waals surface area contributed by atoms with E-state index in [0.29, 0.717) is 12.6 Å². The van der Waals surface area contributed by atoms with E-state index in [1.54, 1.807) is 0 Å². The van der Waals surface area contributed by atoms with Crippen molar-refractivity contribution in [1.82, 2.24) is 10.6 Å². The molecule has 0 saturated carbocycles. The summed E-state index contributed by atoms with van der Waals surface area (Å²) in [5.41, 5.74) is 0. The average molecular weight is 270 g/mol. The highest BCUT2D eigenvalue weighted by atomic mass is 16.5. The third-order valence-electron chi connectivity index (χ3n) is 4.01. The largest absolute Gasteiger partial charge is 0.481 e. The van der Waals surface area contributed by atoms with Crippen molar-refractivity contribution in [3.63, 3.8) is 0 Å². The SMILES string of the molecule is CCC(CNC(=O)NC1CC2CCC1O2)CC(=O)O. The zero-order valence-electron chi connectivity index (χ0n) is 11.2. The summed E-state index contributed by atoms with van der Waals surface area (Å²) in [6, 6.07) is -0.108. The lowest BCUT2D eigenvalue weighted by Gasteiger charge is -2.21. The minimum absolute atomic E-state index is 0.0143. The van der Waals surface area contributed by atoms with Gasteiger partial charge in [0.15, 0.2) is 0 Å². The summed E-state index contributed by atoms with van der Waals surface area (Å²) in [6.07, 6.45) is 4.32. The fourth-order valence-electron chi connectivity index (χ4n) is 2.85. The second-order valence-corrected chi connectivity index (χ2v) is 5.44. The van der Waals surface area contributed by atoms with E-state index in [-0.39, 0.29) is 30.5 Å². The van der Waals surface area contributed by atoms with E-state index in [0.717, 1.165) is 25.7 Å². The molecule has 0 aromatic rings. The fourth-order valence-corrected chi connectivity index (χ4v) is 2.85. The molecule has 0 aromatic carbocycles. The molecule has 2 bridgehead atoms. The Morgan fingerprint density at radius 3 is 2.74 bits per heavy atom. The Bertz CT molecular complexity index is 348. The number of carboxylic acid groups (broad SMARTS) is 1. The summed E-state index contributed by atoms with van der Waals surface area (Å²) in [7, 11) is 0. The smallest absolute Gasteiger partial charge is 0.315 e. The number of amides is 2. The van der Waals surface area contributed by atoms with Crippen molar-refractivity contribution in [3.8, 4) is 0 Å². The Kier molecular flexibility index (Phi) is 4.63. The van der Waals surface area contributed by atoms with Gasteiger partial charge in [-0.2, -0.15) is 0 Å². The van der Waals surface area contributed by atoms with Crippen molar-refractivity contribution >= 4 is 12.0 Å². The highest BCUT2D eigenvalue weighted by molar-refractivity contribution is 5.74. The molecule has 0 aliphatic carbocycles. The van der Waals surface area contributed by atoms with E-state index in [1.165, 1.54) is 0 Å². The summed E-state index contributed by atoms with van der Waals surface area (Å²) >= 11 is 0. The standard InChI is InChI=1S/C13H22N2O4/c1-2-8(5-12(16)17)7-14-13(18)15-10-6-9-3-4-11(10)19-9/h8-11H,2-7H2,1H3,(H,16,17)(H2,14,15,18). The number of urea groups is 1. The minimum Gasteiger partial charge on any atom is -0.481 e. The molecule has 2 saturated heterocycles. The first-order valence-corrected chi connectivity index (χ1v) is 7.00. The lowest BCUT2D eigenvalue weighted by Crippen LogP contribution is -2.47. The monoisotopic (exact) mass is 270 g/mol. The topological polar surface area (TPSA) is 87.7 Å². The van der Waals surface area contributed by atoms with Crippen LogP contribution in [0, 0.1) is 5.92 Å². The van der Waals surface area contributed by atoms with Crippen molar-refractivity contribution in [1.29, 1.82) is 0 Å². The van der Waals surface area contributed by atoms with E-state index in [1.807, 2.05) is 6.92 Å². The van der Waals surface area contributed by atoms with Gasteiger partial charge >= 0.3 is 12.0 Å². The van der Waals surface area contributed by atoms with Gasteiger partial charge in [-0.25, -0.2) is 4.79 Å². The third kappa shape index (κ3) is 3.83. The van der Waals surface area contributed by atoms with Crippen molar-refractivity contribution in [2.75, 3.05) is 6.54 Å². The molecule has 2 aliphatic heterocycles. The number of aliphatic carboxylic acids is 1. The van der Waals surface area contributed by atoms with Gasteiger partial charge in [0, 0.05) is 13.0 Å². The maximum atomic E-state index is 11.8. The molecule has 6 nitrogen and oxygen atoms in total. The third-order valence-corrected chi connectivity index (χ3v) is 4.01. The Morgan fingerprint density at radius 1 is 1.42 bits per heavy atom. The Balaban J connectivity index is 1.68. The molecule has 19 heavy (non-hydrogen) atoms. The molecular formula is C13H22N2O4. The van der Waals surface area contributed by atoms with Gasteiger partial charge in [0.2, 0.25) is 0 Å². The van der Waals surface area contributed by atoms with Crippen LogP contribution in [0.2, 0.25) is 0 Å². The lowest BCUT2D eigenvalue weighted by atomic mass is 9.96. The van der Waals surface area contributed by atoms with Crippen LogP contribution >= 0.6 is 0 Å². The van der Waals surface area contributed by atoms with Gasteiger partial charge in [0.05, 0.1) is 18.2 Å². The van der Waals surface area contributed by atoms with Crippen LogP contribution in [-0.2, 0) is 9.53 Å². The van der Waals surface area contributed by atoms with Gasteiger partial charge in [0.25, 0.3) is 0 Å². The van der Waals surface area contributed by atoms with Gasteiger partial charge in [-0.1, -0.05) is 13.3 Å². The Morgan fingerprint density at radius 2 is 2.21 bits per heavy atom. The Labute approximate surface area is 112 Å². The average Bonchev–Trinajstić information content (AvgIpc) is 2.96. The molecule has 108 valence electrons. The van der Waals surface area contributed by atoms with Crippen LogP contribution in [0.25, 0.3) is 0 Å². The van der Waals surface area contributed by atoms with Crippen LogP contribution in [0.4, 0.5) is 4.79 Å². The lowest BCUT2D eigenvalue weighted by molar-refractivity contribution is -0.138. The fraction of sp³-hybridized carbons (Fsp3) is 0.846. The van der Waals surface area contributed by atoms with Gasteiger partial charge in [0.1, 0.15) is 0 Å². The van der Waals surface area contributed by atoms with Crippen molar-refractivity contribution < 1.29 is 19.4 Å². The molecule has 2 fully saturated rings. The maximum absolute atomic E-state index is 11.8. The molecule has 4 unspecified atom stereocenters. The van der Waals surface area contributed by atoms with Crippen LogP contribution in [0.15, 0.2) is 0 Å². The van der Waals surface area contributed by atoms with Crippen molar-refractivity contribution in [2.45, 2.75) is 57.3 Å². The molecule has 2 rings (SSSR count). The number of carbonyl (C=O) groups excluding carboxylic acids is 1. The molecule has 3 N–H and O–H groups in total. The number of hydrogen-bond acceptors (Lipinski definition) is 3. The second-order valence-electron chi connectivity index (χ2n) is 5.44. The van der Waals surface area contributed by atoms with E-state index < -0.39 is 5.97 Å². The van der Waals surface area contributed by atoms with E-state index in [4.69, 9.17) is 9.84 Å². The summed E-state index contributed by atoms with van der Waals surface area (Å²) in [4.78, 5) is 22.4. The first kappa shape index (κ1) is 14.1. The van der Waals surface area contributed by atoms with Crippen LogP contribution in [-0.4, -0.2) is 41.9 Å². The van der Waals surface area contributed by atoms with E-state index in [2.05, 4.69) is 10.6 Å². The number of ether oxygens (including phenoxy) is 1. The van der Waals surface area contributed by atoms with Crippen LogP contribution in [0.1, 0.15) is 39.0 Å². The van der Waals surface area contributed by atoms with Crippen molar-refractivity contribution in [2.24, 2.45) is 5.92 Å². The van der Waals surface area contributed by atoms with Crippen LogP contribution in [0.5, 0.6) is 0 Å². The molecule has 0 radical (unpaired) electrons. The number of carbonyl (C=O) groups is 2. The summed E-state index contributed by atoms with van der Waals surface area (Å²) in [5, 5.41) is 14.4. The highest BCUT2D eigenvalue weighted by Gasteiger charge is 2.41. The summed E-state index contributed by atoms with van der Waals surface area (Å²) < 4.78 is 5.66. The van der Waals surface area contributed by atoms with Gasteiger partial charge < -0.3 is 20.5 Å². The molecule has 0 spiro atoms. The van der Waals surface area contributed by atoms with Gasteiger partial charge in [-0.3, -0.25) is 4.79 Å². The predicted molar refractivity (Wildman–Crippen MR) is 68.9 cm³/mol. The second kappa shape index (κ2) is 6.23. The quantitative estimate of drug-likeness (QED) is 0.674. The zero-order valence-corrected chi connectivity index (χ0v) is 11.2. The number of rotatable bonds is 6. The number of fused-ring (bicyclic) bond motifs is 2. The molecule has 4 atom stereocenters. The minimum atomic E-state index is -0.824. The molecule has 2 aliphatic rings. The number of nitrogens with one attached hydrogen (secondary N) is 2. The van der Waals surface area contributed by atoms with E-state index >= 15 is 0 Å². The van der Waals surface area contributed by atoms with E-state index in [9.17, 15) is 9.59 Å². The molecule has 0 aromatic heterocycles. The molecule has 2 heterocycles. The molecular weight excluding hydrogens is 248 g/mol. The maximum Gasteiger partial charge on any atom is 0.315 e. The molecule has 2 amide bonds. The summed E-state index contributed by atoms with van der Waals surface area (Å²) in [5.74, 6) is -0.838. The number of carboxylic acids is 1.